The van der Waals surface area contributed by atoms with Gasteiger partial charge in [-0.3, -0.25) is 10.0 Å². The lowest BCUT2D eigenvalue weighted by molar-refractivity contribution is -0.129. The van der Waals surface area contributed by atoms with E-state index < -0.39 is 0 Å². The van der Waals surface area contributed by atoms with Crippen molar-refractivity contribution in [1.29, 1.82) is 0 Å². The molecule has 3 rings (SSSR count). The predicted octanol–water partition coefficient (Wildman–Crippen LogP) is 3.34. The summed E-state index contributed by atoms with van der Waals surface area (Å²) in [7, 11) is 0. The van der Waals surface area contributed by atoms with Gasteiger partial charge in [0.15, 0.2) is 0 Å². The molecule has 4 N–H and O–H groups in total. The SMILES string of the molecule is O=C(CCCCCCNC(=O)N1CCc2[nH]c3ccc(Cl)cc3c2C1)NO. The highest BCUT2D eigenvalue weighted by Crippen LogP contribution is 2.29. The first kappa shape index (κ1) is 19.5. The van der Waals surface area contributed by atoms with Gasteiger partial charge >= 0.3 is 6.03 Å². The number of hydrogen-bond acceptors (Lipinski definition) is 3. The van der Waals surface area contributed by atoms with Gasteiger partial charge in [-0.05, 0) is 31.0 Å². The average molecular weight is 393 g/mol. The zero-order valence-electron chi connectivity index (χ0n) is 15.2. The maximum Gasteiger partial charge on any atom is 0.317 e. The van der Waals surface area contributed by atoms with Crippen LogP contribution in [-0.4, -0.2) is 40.1 Å². The first-order valence-corrected chi connectivity index (χ1v) is 9.71. The van der Waals surface area contributed by atoms with E-state index >= 15 is 0 Å². The number of rotatable bonds is 7. The van der Waals surface area contributed by atoms with Gasteiger partial charge in [0.25, 0.3) is 0 Å². The van der Waals surface area contributed by atoms with Gasteiger partial charge in [0.1, 0.15) is 0 Å². The molecule has 0 radical (unpaired) electrons. The quantitative estimate of drug-likeness (QED) is 0.330. The number of carbonyl (C=O) groups is 2. The summed E-state index contributed by atoms with van der Waals surface area (Å²) in [5, 5.41) is 13.2. The zero-order chi connectivity index (χ0) is 19.2. The molecule has 27 heavy (non-hydrogen) atoms. The van der Waals surface area contributed by atoms with Gasteiger partial charge in [-0.15, -0.1) is 0 Å². The van der Waals surface area contributed by atoms with Crippen molar-refractivity contribution in [2.45, 2.75) is 45.1 Å². The van der Waals surface area contributed by atoms with Crippen LogP contribution in [0.25, 0.3) is 10.9 Å². The summed E-state index contributed by atoms with van der Waals surface area (Å²) < 4.78 is 0. The van der Waals surface area contributed by atoms with Gasteiger partial charge < -0.3 is 15.2 Å². The average Bonchev–Trinajstić information content (AvgIpc) is 3.03. The fourth-order valence-electron chi connectivity index (χ4n) is 3.49. The van der Waals surface area contributed by atoms with Gasteiger partial charge in [-0.2, -0.15) is 0 Å². The van der Waals surface area contributed by atoms with Gasteiger partial charge in [0.2, 0.25) is 5.91 Å². The molecular formula is C19H25ClN4O3. The number of carbonyl (C=O) groups excluding carboxylic acids is 2. The van der Waals surface area contributed by atoms with Gasteiger partial charge in [0.05, 0.1) is 0 Å². The Labute approximate surface area is 163 Å². The minimum absolute atomic E-state index is 0.0447. The largest absolute Gasteiger partial charge is 0.358 e. The number of amides is 3. The molecule has 7 nitrogen and oxygen atoms in total. The Balaban J connectivity index is 1.43. The molecule has 2 heterocycles. The summed E-state index contributed by atoms with van der Waals surface area (Å²) >= 11 is 6.12. The molecule has 0 saturated heterocycles. The summed E-state index contributed by atoms with van der Waals surface area (Å²) in [5.74, 6) is -0.355. The normalized spacial score (nSPS) is 13.5. The van der Waals surface area contributed by atoms with Gasteiger partial charge in [0, 0.05) is 59.7 Å². The predicted molar refractivity (Wildman–Crippen MR) is 104 cm³/mol. The van der Waals surface area contributed by atoms with E-state index in [9.17, 15) is 9.59 Å². The smallest absolute Gasteiger partial charge is 0.317 e. The van der Waals surface area contributed by atoms with E-state index in [1.807, 2.05) is 23.1 Å². The van der Waals surface area contributed by atoms with E-state index in [4.69, 9.17) is 16.8 Å². The van der Waals surface area contributed by atoms with Gasteiger partial charge in [-0.1, -0.05) is 24.4 Å². The van der Waals surface area contributed by atoms with Crippen LogP contribution in [0.15, 0.2) is 18.2 Å². The standard InChI is InChI=1S/C19H25ClN4O3/c20-13-6-7-16-14(11-13)15-12-24(10-8-17(15)22-16)19(26)21-9-4-2-1-3-5-18(25)23-27/h6-7,11,22,27H,1-5,8-10,12H2,(H,21,26)(H,23,25). The van der Waals surface area contributed by atoms with Crippen molar-refractivity contribution in [3.05, 3.63) is 34.5 Å². The Bertz CT molecular complexity index is 821. The van der Waals surface area contributed by atoms with Crippen molar-refractivity contribution in [3.63, 3.8) is 0 Å². The highest BCUT2D eigenvalue weighted by Gasteiger charge is 2.23. The van der Waals surface area contributed by atoms with Gasteiger partial charge in [-0.25, -0.2) is 10.3 Å². The summed E-state index contributed by atoms with van der Waals surface area (Å²) in [4.78, 5) is 28.6. The Kier molecular flexibility index (Phi) is 6.58. The van der Waals surface area contributed by atoms with Crippen LogP contribution in [0, 0.1) is 0 Å². The second kappa shape index (κ2) is 9.10. The van der Waals surface area contributed by atoms with Crippen LogP contribution in [0.2, 0.25) is 5.02 Å². The van der Waals surface area contributed by atoms with Crippen LogP contribution in [0.3, 0.4) is 0 Å². The van der Waals surface area contributed by atoms with Crippen molar-refractivity contribution < 1.29 is 14.8 Å². The van der Waals surface area contributed by atoms with E-state index in [1.165, 1.54) is 5.69 Å². The lowest BCUT2D eigenvalue weighted by atomic mass is 10.0. The lowest BCUT2D eigenvalue weighted by Gasteiger charge is -2.27. The molecule has 1 aromatic heterocycles. The first-order valence-electron chi connectivity index (χ1n) is 9.33. The van der Waals surface area contributed by atoms with Crippen LogP contribution in [0.4, 0.5) is 4.79 Å². The number of H-pyrrole nitrogens is 1. The number of halogens is 1. The molecule has 0 spiro atoms. The lowest BCUT2D eigenvalue weighted by Crippen LogP contribution is -2.42. The Morgan fingerprint density at radius 1 is 1.22 bits per heavy atom. The van der Waals surface area contributed by atoms with Crippen LogP contribution in [0.1, 0.15) is 43.4 Å². The molecule has 1 aromatic carbocycles. The molecule has 0 bridgehead atoms. The number of hydroxylamine groups is 1. The minimum Gasteiger partial charge on any atom is -0.358 e. The number of unbranched alkanes of at least 4 members (excludes halogenated alkanes) is 3. The molecule has 0 fully saturated rings. The van der Waals surface area contributed by atoms with Crippen molar-refractivity contribution in [1.82, 2.24) is 20.7 Å². The van der Waals surface area contributed by atoms with Crippen LogP contribution in [-0.2, 0) is 17.8 Å². The third kappa shape index (κ3) is 4.93. The highest BCUT2D eigenvalue weighted by atomic mass is 35.5. The third-order valence-electron chi connectivity index (χ3n) is 4.96. The maximum atomic E-state index is 12.4. The van der Waals surface area contributed by atoms with E-state index in [2.05, 4.69) is 10.3 Å². The Morgan fingerprint density at radius 2 is 2.04 bits per heavy atom. The maximum absolute atomic E-state index is 12.4. The van der Waals surface area contributed by atoms with E-state index in [0.29, 0.717) is 31.1 Å². The zero-order valence-corrected chi connectivity index (χ0v) is 15.9. The number of nitrogens with one attached hydrogen (secondary N) is 3. The Morgan fingerprint density at radius 3 is 2.85 bits per heavy atom. The van der Waals surface area contributed by atoms with Crippen molar-refractivity contribution >= 4 is 34.4 Å². The number of nitrogens with zero attached hydrogens (tertiary/aromatic N) is 1. The van der Waals surface area contributed by atoms with Crippen molar-refractivity contribution in [3.8, 4) is 0 Å². The molecule has 0 aliphatic carbocycles. The van der Waals surface area contributed by atoms with E-state index in [0.717, 1.165) is 48.6 Å². The minimum atomic E-state index is -0.355. The summed E-state index contributed by atoms with van der Waals surface area (Å²) in [6, 6.07) is 5.75. The molecule has 146 valence electrons. The van der Waals surface area contributed by atoms with Crippen molar-refractivity contribution in [2.24, 2.45) is 0 Å². The van der Waals surface area contributed by atoms with Crippen LogP contribution in [0.5, 0.6) is 0 Å². The molecule has 0 atom stereocenters. The molecule has 1 aliphatic heterocycles. The summed E-state index contributed by atoms with van der Waals surface area (Å²) in [6.07, 6.45) is 4.57. The second-order valence-electron chi connectivity index (χ2n) is 6.87. The molecular weight excluding hydrogens is 368 g/mol. The number of benzene rings is 1. The fourth-order valence-corrected chi connectivity index (χ4v) is 3.66. The molecule has 0 saturated carbocycles. The Hall–Kier alpha value is -2.25. The monoisotopic (exact) mass is 392 g/mol. The van der Waals surface area contributed by atoms with E-state index in [1.54, 1.807) is 5.48 Å². The topological polar surface area (TPSA) is 97.5 Å². The molecule has 2 aromatic rings. The fraction of sp³-hybridized carbons (Fsp3) is 0.474. The number of aromatic nitrogens is 1. The molecule has 8 heteroatoms. The summed E-state index contributed by atoms with van der Waals surface area (Å²) in [6.45, 7) is 1.89. The molecule has 0 unspecified atom stereocenters. The first-order chi connectivity index (χ1) is 13.1. The van der Waals surface area contributed by atoms with Crippen molar-refractivity contribution in [2.75, 3.05) is 13.1 Å². The summed E-state index contributed by atoms with van der Waals surface area (Å²) in [5.41, 5.74) is 5.02. The highest BCUT2D eigenvalue weighted by molar-refractivity contribution is 6.31. The van der Waals surface area contributed by atoms with Crippen LogP contribution < -0.4 is 10.8 Å². The third-order valence-corrected chi connectivity index (χ3v) is 5.19. The number of urea groups is 1. The molecule has 1 aliphatic rings. The number of hydrogen-bond donors (Lipinski definition) is 4. The van der Waals surface area contributed by atoms with E-state index in [-0.39, 0.29) is 11.9 Å². The second-order valence-corrected chi connectivity index (χ2v) is 7.31. The molecule has 3 amide bonds. The number of aromatic amines is 1. The number of fused-ring (bicyclic) bond motifs is 3. The van der Waals surface area contributed by atoms with Crippen LogP contribution >= 0.6 is 11.6 Å².